The number of thioether (sulfide) groups is 1. The van der Waals surface area contributed by atoms with Crippen molar-refractivity contribution in [2.24, 2.45) is 0 Å². The van der Waals surface area contributed by atoms with Gasteiger partial charge < -0.3 is 29.5 Å². The van der Waals surface area contributed by atoms with E-state index in [9.17, 15) is 18.3 Å². The minimum atomic E-state index is -5.03. The zero-order valence-electron chi connectivity index (χ0n) is 16.5. The Labute approximate surface area is 193 Å². The lowest BCUT2D eigenvalue weighted by Gasteiger charge is -2.29. The van der Waals surface area contributed by atoms with Gasteiger partial charge in [-0.1, -0.05) is 0 Å². The molecule has 0 aromatic heterocycles. The van der Waals surface area contributed by atoms with Crippen molar-refractivity contribution in [3.05, 3.63) is 24.0 Å². The van der Waals surface area contributed by atoms with Crippen LogP contribution in [0.15, 0.2) is 18.2 Å². The van der Waals surface area contributed by atoms with Gasteiger partial charge in [-0.25, -0.2) is 9.18 Å². The number of amides is 1. The molecule has 176 valence electrons. The highest BCUT2D eigenvalue weighted by atomic mass is 32.2. The summed E-state index contributed by atoms with van der Waals surface area (Å²) in [6, 6.07) is 4.53. The van der Waals surface area contributed by atoms with Gasteiger partial charge in [0.05, 0.1) is 24.5 Å². The number of carbonyl (C=O) groups is 1. The summed E-state index contributed by atoms with van der Waals surface area (Å²) in [4.78, 5) is 42.5. The van der Waals surface area contributed by atoms with E-state index in [0.29, 0.717) is 11.4 Å². The Bertz CT molecular complexity index is 946. The number of carbonyl (C=O) groups excluding carboxylic acids is 1. The monoisotopic (exact) mass is 528 g/mol. The summed E-state index contributed by atoms with van der Waals surface area (Å²) in [5.41, 5.74) is -1.51. The largest absolute Gasteiger partial charge is 0.564 e. The highest BCUT2D eigenvalue weighted by molar-refractivity contribution is 7.99. The number of nitrogens with zero attached hydrogens (tertiary/aromatic N) is 2. The standard InChI is InChI=1S/C16H20FN3O8P2S2/c17-12-7-10(1-2-13(12)19-3-5-32-6-4-19)20-9-11(27-15(20)21)8-18-14(31)28-16(29(22)23)30(24,25)26/h1-2,7,11,16H,3-6,8-9H2,(H3-,18,22,23,24,25,26,31)/p+1/t11-,16?/m0/s1. The Morgan fingerprint density at radius 1 is 1.44 bits per heavy atom. The first-order chi connectivity index (χ1) is 15.1. The fourth-order valence-corrected chi connectivity index (χ4v) is 5.83. The van der Waals surface area contributed by atoms with Crippen LogP contribution in [0.3, 0.4) is 0 Å². The van der Waals surface area contributed by atoms with Gasteiger partial charge in [0.2, 0.25) is 0 Å². The number of ether oxygens (including phenoxy) is 2. The van der Waals surface area contributed by atoms with Gasteiger partial charge in [-0.15, -0.1) is 0 Å². The maximum Gasteiger partial charge on any atom is 0.564 e. The van der Waals surface area contributed by atoms with Crippen LogP contribution in [0.2, 0.25) is 0 Å². The van der Waals surface area contributed by atoms with Gasteiger partial charge in [0.25, 0.3) is 5.17 Å². The van der Waals surface area contributed by atoms with Crippen molar-refractivity contribution in [2.45, 2.75) is 11.7 Å². The second-order valence-electron chi connectivity index (χ2n) is 6.86. The molecule has 0 spiro atoms. The Balaban J connectivity index is 1.57. The average molecular weight is 528 g/mol. The molecule has 32 heavy (non-hydrogen) atoms. The van der Waals surface area contributed by atoms with Crippen molar-refractivity contribution in [3.63, 3.8) is 0 Å². The lowest BCUT2D eigenvalue weighted by atomic mass is 10.2. The van der Waals surface area contributed by atoms with Crippen LogP contribution in [-0.4, -0.2) is 75.3 Å². The number of hydrogen-bond donors (Lipinski definition) is 4. The molecule has 2 heterocycles. The Kier molecular flexibility index (Phi) is 8.31. The number of hydrogen-bond acceptors (Lipinski definition) is 8. The topological polar surface area (TPSA) is 149 Å². The summed E-state index contributed by atoms with van der Waals surface area (Å²) in [6.07, 6.45) is -1.43. The van der Waals surface area contributed by atoms with E-state index in [1.54, 1.807) is 12.1 Å². The molecule has 3 atom stereocenters. The van der Waals surface area contributed by atoms with Gasteiger partial charge in [0, 0.05) is 24.6 Å². The number of rotatable bonds is 7. The van der Waals surface area contributed by atoms with E-state index in [2.05, 4.69) is 10.1 Å². The van der Waals surface area contributed by atoms with Gasteiger partial charge >= 0.3 is 27.3 Å². The zero-order chi connectivity index (χ0) is 23.5. The molecule has 4 N–H and O–H groups in total. The van der Waals surface area contributed by atoms with Crippen LogP contribution >= 0.6 is 39.6 Å². The lowest BCUT2D eigenvalue weighted by molar-refractivity contribution is 0.141. The van der Waals surface area contributed by atoms with Crippen molar-refractivity contribution in [1.29, 1.82) is 0 Å². The van der Waals surface area contributed by atoms with Crippen LogP contribution in [0, 0.1) is 5.82 Å². The summed E-state index contributed by atoms with van der Waals surface area (Å²) < 4.78 is 46.8. The molecule has 3 rings (SSSR count). The predicted octanol–water partition coefficient (Wildman–Crippen LogP) is 1.79. The average Bonchev–Trinajstić information content (AvgIpc) is 3.10. The second kappa shape index (κ2) is 10.6. The summed E-state index contributed by atoms with van der Waals surface area (Å²) in [5.74, 6) is 1.40. The normalized spacial score (nSPS) is 20.6. The molecule has 11 nitrogen and oxygen atoms in total. The first kappa shape index (κ1) is 25.1. The summed E-state index contributed by atoms with van der Waals surface area (Å²) >= 11 is 6.58. The van der Waals surface area contributed by atoms with E-state index in [1.807, 2.05) is 16.7 Å². The Hall–Kier alpha value is -1.53. The van der Waals surface area contributed by atoms with Crippen LogP contribution in [0.4, 0.5) is 20.6 Å². The van der Waals surface area contributed by atoms with Gasteiger partial charge in [0.15, 0.2) is 0 Å². The van der Waals surface area contributed by atoms with E-state index in [0.717, 1.165) is 24.6 Å². The molecule has 1 aromatic carbocycles. The van der Waals surface area contributed by atoms with Crippen molar-refractivity contribution < 1.29 is 42.5 Å². The molecule has 1 amide bonds. The predicted molar refractivity (Wildman–Crippen MR) is 121 cm³/mol. The zero-order valence-corrected chi connectivity index (χ0v) is 19.9. The summed E-state index contributed by atoms with van der Waals surface area (Å²) in [6.45, 7) is 1.46. The molecule has 2 aliphatic heterocycles. The van der Waals surface area contributed by atoms with E-state index in [-0.39, 0.29) is 13.1 Å². The van der Waals surface area contributed by atoms with Crippen LogP contribution in [0.1, 0.15) is 0 Å². The molecule has 0 bridgehead atoms. The van der Waals surface area contributed by atoms with Crippen LogP contribution in [0.5, 0.6) is 0 Å². The van der Waals surface area contributed by atoms with Crippen molar-refractivity contribution in [3.8, 4) is 0 Å². The molecule has 1 aromatic rings. The fourth-order valence-electron chi connectivity index (χ4n) is 3.14. The van der Waals surface area contributed by atoms with Gasteiger partial charge in [-0.05, 0) is 35.0 Å². The van der Waals surface area contributed by atoms with E-state index in [4.69, 9.17) is 31.6 Å². The minimum absolute atomic E-state index is 0.0593. The third-order valence-electron chi connectivity index (χ3n) is 4.63. The third-order valence-corrected chi connectivity index (χ3v) is 8.47. The second-order valence-corrected chi connectivity index (χ2v) is 11.6. The highest BCUT2D eigenvalue weighted by Crippen LogP contribution is 2.52. The van der Waals surface area contributed by atoms with Crippen molar-refractivity contribution in [2.75, 3.05) is 47.5 Å². The molecule has 2 saturated heterocycles. The van der Waals surface area contributed by atoms with Gasteiger partial charge in [-0.2, -0.15) is 16.7 Å². The highest BCUT2D eigenvalue weighted by Gasteiger charge is 2.49. The minimum Gasteiger partial charge on any atom is -0.442 e. The SMILES string of the molecule is O=C1O[C@@H](CNC(=S)OC([P+](=O)O)P(=O)(O)O)CN1c1ccc(N2CCSCC2)c(F)c1. The molecular formula is C16H21FN3O8P2S2+. The number of nitrogens with one attached hydrogen (secondary N) is 1. The number of anilines is 2. The van der Waals surface area contributed by atoms with Crippen LogP contribution in [0.25, 0.3) is 0 Å². The van der Waals surface area contributed by atoms with E-state index < -0.39 is 44.4 Å². The molecular weight excluding hydrogens is 507 g/mol. The molecule has 2 unspecified atom stereocenters. The molecule has 2 aliphatic rings. The van der Waals surface area contributed by atoms with Gasteiger partial charge in [-0.3, -0.25) is 9.46 Å². The lowest BCUT2D eigenvalue weighted by Crippen LogP contribution is -2.36. The first-order valence-electron chi connectivity index (χ1n) is 9.31. The number of thiocarbonyl (C=S) groups is 1. The molecule has 0 saturated carbocycles. The summed E-state index contributed by atoms with van der Waals surface area (Å²) in [5, 5.41) is 1.94. The number of halogens is 1. The van der Waals surface area contributed by atoms with E-state index >= 15 is 0 Å². The molecule has 0 aliphatic carbocycles. The van der Waals surface area contributed by atoms with Crippen LogP contribution in [-0.2, 0) is 18.6 Å². The quantitative estimate of drug-likeness (QED) is 0.302. The number of cyclic esters (lactones) is 1. The Morgan fingerprint density at radius 2 is 2.12 bits per heavy atom. The van der Waals surface area contributed by atoms with Crippen molar-refractivity contribution in [1.82, 2.24) is 5.32 Å². The van der Waals surface area contributed by atoms with Gasteiger partial charge in [0.1, 0.15) is 11.9 Å². The molecule has 0 radical (unpaired) electrons. The van der Waals surface area contributed by atoms with E-state index in [1.165, 1.54) is 11.0 Å². The number of benzene rings is 1. The molecule has 2 fully saturated rings. The van der Waals surface area contributed by atoms with Crippen molar-refractivity contribution >= 4 is 62.2 Å². The first-order valence-corrected chi connectivity index (χ1v) is 13.8. The fraction of sp³-hybridized carbons (Fsp3) is 0.500. The Morgan fingerprint density at radius 3 is 2.72 bits per heavy atom. The third kappa shape index (κ3) is 6.28. The maximum absolute atomic E-state index is 14.7. The summed E-state index contributed by atoms with van der Waals surface area (Å²) in [7, 11) is -8.39. The smallest absolute Gasteiger partial charge is 0.442 e. The molecule has 16 heteroatoms. The maximum atomic E-state index is 14.7. The van der Waals surface area contributed by atoms with Crippen LogP contribution < -0.4 is 15.1 Å².